The summed E-state index contributed by atoms with van der Waals surface area (Å²) in [6, 6.07) is 14.3. The fraction of sp³-hybridized carbons (Fsp3) is 0.292. The highest BCUT2D eigenvalue weighted by Gasteiger charge is 2.15. The molecule has 0 unspecified atom stereocenters. The van der Waals surface area contributed by atoms with E-state index in [0.29, 0.717) is 19.6 Å². The lowest BCUT2D eigenvalue weighted by molar-refractivity contribution is 0.171. The van der Waals surface area contributed by atoms with Crippen molar-refractivity contribution in [2.75, 3.05) is 33.9 Å². The third-order valence-electron chi connectivity index (χ3n) is 5.13. The Balaban J connectivity index is 1.82. The molecule has 1 aliphatic heterocycles. The molecule has 0 radical (unpaired) electrons. The van der Waals surface area contributed by atoms with Crippen LogP contribution in [0, 0.1) is 0 Å². The molecule has 0 amide bonds. The first-order valence-electron chi connectivity index (χ1n) is 9.96. The Morgan fingerprint density at radius 3 is 2.52 bits per heavy atom. The van der Waals surface area contributed by atoms with Gasteiger partial charge in [-0.3, -0.25) is 4.79 Å². The molecule has 0 bridgehead atoms. The molecule has 0 fully saturated rings. The van der Waals surface area contributed by atoms with Gasteiger partial charge in [0.05, 0.1) is 0 Å². The zero-order valence-electron chi connectivity index (χ0n) is 17.1. The first kappa shape index (κ1) is 19.3. The van der Waals surface area contributed by atoms with E-state index in [0.717, 1.165) is 51.2 Å². The number of rotatable bonds is 5. The van der Waals surface area contributed by atoms with E-state index in [1.165, 1.54) is 0 Å². The van der Waals surface area contributed by atoms with Gasteiger partial charge < -0.3 is 19.4 Å². The molecule has 5 nitrogen and oxygen atoms in total. The molecule has 29 heavy (non-hydrogen) atoms. The standard InChI is InChI=1S/C24H26N2O3/c1-4-16-13-19-14-17(5-7-21(19)25-24(16)27)20(9-10-26(2)3)18-6-8-22-23(15-18)29-12-11-28-22/h5-9,13-15H,4,10-12H2,1-3H3,(H,25,27)/b20-9+. The Morgan fingerprint density at radius 2 is 1.76 bits per heavy atom. The lowest BCUT2D eigenvalue weighted by atomic mass is 9.95. The minimum absolute atomic E-state index is 0.0111. The normalized spacial score (nSPS) is 13.9. The number of pyridine rings is 1. The van der Waals surface area contributed by atoms with Crippen LogP contribution in [0.15, 0.2) is 53.3 Å². The van der Waals surface area contributed by atoms with Crippen LogP contribution in [-0.4, -0.2) is 43.7 Å². The Labute approximate surface area is 170 Å². The summed E-state index contributed by atoms with van der Waals surface area (Å²) in [4.78, 5) is 17.2. The van der Waals surface area contributed by atoms with Crippen LogP contribution in [0.1, 0.15) is 23.6 Å². The molecule has 0 saturated heterocycles. The summed E-state index contributed by atoms with van der Waals surface area (Å²) in [7, 11) is 4.10. The largest absolute Gasteiger partial charge is 0.486 e. The van der Waals surface area contributed by atoms with E-state index in [4.69, 9.17) is 9.47 Å². The third kappa shape index (κ3) is 4.05. The Bertz CT molecular complexity index is 1130. The van der Waals surface area contributed by atoms with E-state index in [1.807, 2.05) is 31.2 Å². The van der Waals surface area contributed by atoms with Crippen molar-refractivity contribution in [3.8, 4) is 11.5 Å². The lowest BCUT2D eigenvalue weighted by Gasteiger charge is -2.20. The molecule has 150 valence electrons. The maximum atomic E-state index is 12.1. The molecule has 3 aromatic rings. The van der Waals surface area contributed by atoms with Crippen molar-refractivity contribution >= 4 is 16.5 Å². The first-order chi connectivity index (χ1) is 14.0. The zero-order chi connectivity index (χ0) is 20.4. The molecule has 4 rings (SSSR count). The number of benzene rings is 2. The van der Waals surface area contributed by atoms with Crippen molar-refractivity contribution in [1.29, 1.82) is 0 Å². The second-order valence-corrected chi connectivity index (χ2v) is 7.52. The number of nitrogens with one attached hydrogen (secondary N) is 1. The fourth-order valence-corrected chi connectivity index (χ4v) is 3.57. The number of hydrogen-bond acceptors (Lipinski definition) is 4. The summed E-state index contributed by atoms with van der Waals surface area (Å²) < 4.78 is 11.5. The number of nitrogens with zero attached hydrogens (tertiary/aromatic N) is 1. The number of hydrogen-bond donors (Lipinski definition) is 1. The topological polar surface area (TPSA) is 54.6 Å². The predicted molar refractivity (Wildman–Crippen MR) is 117 cm³/mol. The zero-order valence-corrected chi connectivity index (χ0v) is 17.1. The quantitative estimate of drug-likeness (QED) is 0.719. The molecule has 1 N–H and O–H groups in total. The van der Waals surface area contributed by atoms with E-state index >= 15 is 0 Å². The van der Waals surface area contributed by atoms with Crippen molar-refractivity contribution < 1.29 is 9.47 Å². The number of aromatic amines is 1. The van der Waals surface area contributed by atoms with Gasteiger partial charge in [0.15, 0.2) is 11.5 Å². The summed E-state index contributed by atoms with van der Waals surface area (Å²) in [6.45, 7) is 3.96. The minimum atomic E-state index is -0.0111. The highest BCUT2D eigenvalue weighted by atomic mass is 16.6. The van der Waals surface area contributed by atoms with Gasteiger partial charge in [0.1, 0.15) is 13.2 Å². The summed E-state index contributed by atoms with van der Waals surface area (Å²) in [5.74, 6) is 1.57. The molecule has 1 aromatic heterocycles. The first-order valence-corrected chi connectivity index (χ1v) is 9.96. The van der Waals surface area contributed by atoms with Crippen LogP contribution in [0.2, 0.25) is 0 Å². The predicted octanol–water partition coefficient (Wildman–Crippen LogP) is 3.86. The summed E-state index contributed by atoms with van der Waals surface area (Å²) in [5.41, 5.74) is 4.95. The van der Waals surface area contributed by atoms with Crippen LogP contribution >= 0.6 is 0 Å². The third-order valence-corrected chi connectivity index (χ3v) is 5.13. The molecule has 0 spiro atoms. The monoisotopic (exact) mass is 390 g/mol. The van der Waals surface area contributed by atoms with Crippen molar-refractivity contribution in [2.45, 2.75) is 13.3 Å². The summed E-state index contributed by atoms with van der Waals surface area (Å²) in [5, 5.41) is 1.03. The Hall–Kier alpha value is -3.05. The molecular weight excluding hydrogens is 364 g/mol. The smallest absolute Gasteiger partial charge is 0.251 e. The van der Waals surface area contributed by atoms with Gasteiger partial charge in [0.2, 0.25) is 0 Å². The van der Waals surface area contributed by atoms with Crippen LogP contribution in [0.5, 0.6) is 11.5 Å². The van der Waals surface area contributed by atoms with Crippen LogP contribution in [0.3, 0.4) is 0 Å². The average molecular weight is 390 g/mol. The second-order valence-electron chi connectivity index (χ2n) is 7.52. The van der Waals surface area contributed by atoms with Crippen molar-refractivity contribution in [3.05, 3.63) is 75.6 Å². The fourth-order valence-electron chi connectivity index (χ4n) is 3.57. The molecule has 0 saturated carbocycles. The number of H-pyrrole nitrogens is 1. The molecule has 5 heteroatoms. The minimum Gasteiger partial charge on any atom is -0.486 e. The van der Waals surface area contributed by atoms with Gasteiger partial charge in [0.25, 0.3) is 5.56 Å². The van der Waals surface area contributed by atoms with Gasteiger partial charge in [-0.2, -0.15) is 0 Å². The van der Waals surface area contributed by atoms with Crippen LogP contribution < -0.4 is 15.0 Å². The van der Waals surface area contributed by atoms with Gasteiger partial charge >= 0.3 is 0 Å². The molecule has 2 aromatic carbocycles. The van der Waals surface area contributed by atoms with Gasteiger partial charge in [0, 0.05) is 17.6 Å². The van der Waals surface area contributed by atoms with Crippen LogP contribution in [-0.2, 0) is 6.42 Å². The SMILES string of the molecule is CCc1cc2cc(/C(=C\CN(C)C)c3ccc4c(c3)OCCO4)ccc2[nH]c1=O. The summed E-state index contributed by atoms with van der Waals surface area (Å²) >= 11 is 0. The van der Waals surface area contributed by atoms with Gasteiger partial charge in [-0.25, -0.2) is 0 Å². The van der Waals surface area contributed by atoms with Gasteiger partial charge in [-0.1, -0.05) is 25.1 Å². The van der Waals surface area contributed by atoms with Crippen molar-refractivity contribution in [3.63, 3.8) is 0 Å². The van der Waals surface area contributed by atoms with Crippen LogP contribution in [0.4, 0.5) is 0 Å². The Morgan fingerprint density at radius 1 is 1.03 bits per heavy atom. The number of likely N-dealkylation sites (N-methyl/N-ethyl adjacent to an activating group) is 1. The number of ether oxygens (including phenoxy) is 2. The Kier molecular flexibility index (Phi) is 5.41. The highest BCUT2D eigenvalue weighted by Crippen LogP contribution is 2.35. The number of fused-ring (bicyclic) bond motifs is 2. The molecule has 2 heterocycles. The maximum absolute atomic E-state index is 12.1. The van der Waals surface area contributed by atoms with E-state index in [1.54, 1.807) is 0 Å². The molecular formula is C24H26N2O3. The van der Waals surface area contributed by atoms with E-state index in [2.05, 4.69) is 48.3 Å². The molecule has 0 aliphatic carbocycles. The maximum Gasteiger partial charge on any atom is 0.251 e. The van der Waals surface area contributed by atoms with E-state index in [9.17, 15) is 4.79 Å². The molecule has 0 atom stereocenters. The van der Waals surface area contributed by atoms with E-state index in [-0.39, 0.29) is 5.56 Å². The highest BCUT2D eigenvalue weighted by molar-refractivity contribution is 5.88. The number of aromatic nitrogens is 1. The number of aryl methyl sites for hydroxylation is 1. The summed E-state index contributed by atoms with van der Waals surface area (Å²) in [6.07, 6.45) is 2.93. The molecule has 1 aliphatic rings. The average Bonchev–Trinajstić information content (AvgIpc) is 2.73. The van der Waals surface area contributed by atoms with Gasteiger partial charge in [-0.15, -0.1) is 0 Å². The van der Waals surface area contributed by atoms with Crippen molar-refractivity contribution in [2.24, 2.45) is 0 Å². The van der Waals surface area contributed by atoms with E-state index < -0.39 is 0 Å². The van der Waals surface area contributed by atoms with Gasteiger partial charge in [-0.05, 0) is 72.9 Å². The second kappa shape index (κ2) is 8.13. The lowest BCUT2D eigenvalue weighted by Crippen LogP contribution is -2.15. The van der Waals surface area contributed by atoms with Crippen LogP contribution in [0.25, 0.3) is 16.5 Å². The van der Waals surface area contributed by atoms with Crippen molar-refractivity contribution in [1.82, 2.24) is 9.88 Å².